The molecular weight excluding hydrogens is 280 g/mol. The molecule has 1 saturated heterocycles. The summed E-state index contributed by atoms with van der Waals surface area (Å²) in [6.07, 6.45) is 5.91. The number of aromatic nitrogens is 1. The van der Waals surface area contributed by atoms with Crippen molar-refractivity contribution < 1.29 is 9.59 Å². The Morgan fingerprint density at radius 2 is 2.00 bits per heavy atom. The monoisotopic (exact) mass is 302 g/mol. The number of amides is 2. The average Bonchev–Trinajstić information content (AvgIpc) is 3.33. The first-order valence-electron chi connectivity index (χ1n) is 7.85. The van der Waals surface area contributed by atoms with Gasteiger partial charge in [0.2, 0.25) is 11.8 Å². The second-order valence-corrected chi connectivity index (χ2v) is 6.07. The highest BCUT2D eigenvalue weighted by molar-refractivity contribution is 5.93. The molecule has 2 heterocycles. The predicted octanol–water partition coefficient (Wildman–Crippen LogP) is 1.06. The second kappa shape index (κ2) is 6.44. The van der Waals surface area contributed by atoms with Crippen molar-refractivity contribution in [2.24, 2.45) is 0 Å². The van der Waals surface area contributed by atoms with E-state index in [1.807, 2.05) is 11.0 Å². The molecule has 6 heteroatoms. The topological polar surface area (TPSA) is 65.5 Å². The molecule has 2 aliphatic rings. The van der Waals surface area contributed by atoms with Crippen molar-refractivity contribution in [2.45, 2.75) is 25.7 Å². The summed E-state index contributed by atoms with van der Waals surface area (Å²) in [5.74, 6) is 0.678. The minimum Gasteiger partial charge on any atom is -0.340 e. The van der Waals surface area contributed by atoms with E-state index in [0.29, 0.717) is 25.6 Å². The molecule has 1 N–H and O–H groups in total. The molecular formula is C16H22N4O2. The molecule has 0 atom stereocenters. The van der Waals surface area contributed by atoms with Crippen LogP contribution in [0.2, 0.25) is 0 Å². The van der Waals surface area contributed by atoms with E-state index in [1.165, 1.54) is 18.4 Å². The van der Waals surface area contributed by atoms with Gasteiger partial charge in [0.05, 0.1) is 18.4 Å². The molecule has 0 bridgehead atoms. The van der Waals surface area contributed by atoms with Crippen molar-refractivity contribution in [3.63, 3.8) is 0 Å². The fourth-order valence-electron chi connectivity index (χ4n) is 2.87. The Labute approximate surface area is 130 Å². The summed E-state index contributed by atoms with van der Waals surface area (Å²) in [5.41, 5.74) is 2.04. The lowest BCUT2D eigenvalue weighted by molar-refractivity contribution is -0.130. The third kappa shape index (κ3) is 3.62. The smallest absolute Gasteiger partial charge is 0.238 e. The lowest BCUT2D eigenvalue weighted by Crippen LogP contribution is -2.49. The molecule has 1 aliphatic heterocycles. The van der Waals surface area contributed by atoms with Crippen LogP contribution in [0.4, 0.5) is 5.69 Å². The van der Waals surface area contributed by atoms with Crippen molar-refractivity contribution in [1.29, 1.82) is 0 Å². The zero-order valence-corrected chi connectivity index (χ0v) is 12.9. The van der Waals surface area contributed by atoms with E-state index >= 15 is 0 Å². The Balaban J connectivity index is 1.52. The molecule has 22 heavy (non-hydrogen) atoms. The van der Waals surface area contributed by atoms with E-state index in [1.54, 1.807) is 19.3 Å². The Hall–Kier alpha value is -1.95. The van der Waals surface area contributed by atoms with Crippen molar-refractivity contribution in [3.05, 3.63) is 24.0 Å². The fourth-order valence-corrected chi connectivity index (χ4v) is 2.87. The number of pyridine rings is 1. The van der Waals surface area contributed by atoms with Crippen molar-refractivity contribution in [1.82, 2.24) is 14.8 Å². The number of rotatable bonds is 4. The normalized spacial score (nSPS) is 19.0. The van der Waals surface area contributed by atoms with Gasteiger partial charge < -0.3 is 10.2 Å². The van der Waals surface area contributed by atoms with Crippen molar-refractivity contribution in [3.8, 4) is 0 Å². The lowest BCUT2D eigenvalue weighted by Gasteiger charge is -2.33. The van der Waals surface area contributed by atoms with Crippen LogP contribution in [-0.4, -0.2) is 59.3 Å². The SMILES string of the molecule is CC(=O)N1CCN(CC(=O)Nc2cnccc2C2CC2)CC1. The van der Waals surface area contributed by atoms with Crippen LogP contribution >= 0.6 is 0 Å². The van der Waals surface area contributed by atoms with Crippen LogP contribution in [0.1, 0.15) is 31.2 Å². The molecule has 6 nitrogen and oxygen atoms in total. The summed E-state index contributed by atoms with van der Waals surface area (Å²) >= 11 is 0. The fraction of sp³-hybridized carbons (Fsp3) is 0.562. The number of anilines is 1. The molecule has 3 rings (SSSR count). The highest BCUT2D eigenvalue weighted by atomic mass is 16.2. The molecule has 1 saturated carbocycles. The first-order chi connectivity index (χ1) is 10.6. The number of hydrogen-bond donors (Lipinski definition) is 1. The number of hydrogen-bond acceptors (Lipinski definition) is 4. The standard InChI is InChI=1S/C16H22N4O2/c1-12(21)20-8-6-19(7-9-20)11-16(22)18-15-10-17-5-4-14(15)13-2-3-13/h4-5,10,13H,2-3,6-9,11H2,1H3,(H,18,22). The molecule has 0 radical (unpaired) electrons. The number of nitrogens with one attached hydrogen (secondary N) is 1. The Bertz CT molecular complexity index is 563. The molecule has 0 unspecified atom stereocenters. The van der Waals surface area contributed by atoms with E-state index in [0.717, 1.165) is 18.8 Å². The molecule has 0 aromatic carbocycles. The molecule has 1 aliphatic carbocycles. The number of carbonyl (C=O) groups is 2. The van der Waals surface area contributed by atoms with Crippen LogP contribution in [0.25, 0.3) is 0 Å². The molecule has 1 aromatic heterocycles. The van der Waals surface area contributed by atoms with Gasteiger partial charge in [-0.1, -0.05) is 0 Å². The quantitative estimate of drug-likeness (QED) is 0.903. The maximum absolute atomic E-state index is 12.2. The highest BCUT2D eigenvalue weighted by Crippen LogP contribution is 2.42. The Morgan fingerprint density at radius 3 is 2.64 bits per heavy atom. The first-order valence-corrected chi connectivity index (χ1v) is 7.85. The maximum Gasteiger partial charge on any atom is 0.238 e. The van der Waals surface area contributed by atoms with Crippen molar-refractivity contribution in [2.75, 3.05) is 38.0 Å². The van der Waals surface area contributed by atoms with Gasteiger partial charge in [0.15, 0.2) is 0 Å². The zero-order chi connectivity index (χ0) is 15.5. The van der Waals surface area contributed by atoms with Gasteiger partial charge in [-0.25, -0.2) is 0 Å². The van der Waals surface area contributed by atoms with E-state index in [9.17, 15) is 9.59 Å². The third-order valence-corrected chi connectivity index (χ3v) is 4.33. The number of nitrogens with zero attached hydrogens (tertiary/aromatic N) is 3. The number of piperazine rings is 1. The van der Waals surface area contributed by atoms with Gasteiger partial charge in [-0.05, 0) is 30.4 Å². The summed E-state index contributed by atoms with van der Waals surface area (Å²) in [6, 6.07) is 2.00. The van der Waals surface area contributed by atoms with Gasteiger partial charge in [0, 0.05) is 39.3 Å². The second-order valence-electron chi connectivity index (χ2n) is 6.07. The molecule has 0 spiro atoms. The van der Waals surface area contributed by atoms with Crippen LogP contribution in [0, 0.1) is 0 Å². The summed E-state index contributed by atoms with van der Waals surface area (Å²) in [4.78, 5) is 31.5. The summed E-state index contributed by atoms with van der Waals surface area (Å²) in [5, 5.41) is 2.99. The van der Waals surface area contributed by atoms with Gasteiger partial charge in [-0.3, -0.25) is 19.5 Å². The molecule has 118 valence electrons. The number of carbonyl (C=O) groups excluding carboxylic acids is 2. The third-order valence-electron chi connectivity index (χ3n) is 4.33. The average molecular weight is 302 g/mol. The Kier molecular flexibility index (Phi) is 4.38. The largest absolute Gasteiger partial charge is 0.340 e. The van der Waals surface area contributed by atoms with Gasteiger partial charge in [0.1, 0.15) is 0 Å². The Morgan fingerprint density at radius 1 is 1.27 bits per heavy atom. The van der Waals surface area contributed by atoms with E-state index in [2.05, 4.69) is 15.2 Å². The molecule has 2 amide bonds. The predicted molar refractivity (Wildman–Crippen MR) is 83.5 cm³/mol. The summed E-state index contributed by atoms with van der Waals surface area (Å²) in [7, 11) is 0. The van der Waals surface area contributed by atoms with Crippen LogP contribution in [0.5, 0.6) is 0 Å². The minimum absolute atomic E-state index is 0.00817. The summed E-state index contributed by atoms with van der Waals surface area (Å²) in [6.45, 7) is 4.84. The van der Waals surface area contributed by atoms with E-state index < -0.39 is 0 Å². The zero-order valence-electron chi connectivity index (χ0n) is 12.9. The molecule has 2 fully saturated rings. The minimum atomic E-state index is -0.00817. The van der Waals surface area contributed by atoms with Gasteiger partial charge in [-0.2, -0.15) is 0 Å². The maximum atomic E-state index is 12.2. The first kappa shape index (κ1) is 15.0. The van der Waals surface area contributed by atoms with Gasteiger partial charge in [0.25, 0.3) is 0 Å². The van der Waals surface area contributed by atoms with Gasteiger partial charge in [-0.15, -0.1) is 0 Å². The van der Waals surface area contributed by atoms with Crippen LogP contribution in [0.15, 0.2) is 18.5 Å². The summed E-state index contributed by atoms with van der Waals surface area (Å²) < 4.78 is 0. The van der Waals surface area contributed by atoms with Crippen LogP contribution < -0.4 is 5.32 Å². The van der Waals surface area contributed by atoms with Gasteiger partial charge >= 0.3 is 0 Å². The lowest BCUT2D eigenvalue weighted by atomic mass is 10.1. The van der Waals surface area contributed by atoms with Crippen LogP contribution in [-0.2, 0) is 9.59 Å². The van der Waals surface area contributed by atoms with E-state index in [-0.39, 0.29) is 11.8 Å². The van der Waals surface area contributed by atoms with E-state index in [4.69, 9.17) is 0 Å². The van der Waals surface area contributed by atoms with Crippen molar-refractivity contribution >= 4 is 17.5 Å². The molecule has 1 aromatic rings. The highest BCUT2D eigenvalue weighted by Gasteiger charge is 2.27. The van der Waals surface area contributed by atoms with Crippen LogP contribution in [0.3, 0.4) is 0 Å².